The topological polar surface area (TPSA) is 63.1 Å². The summed E-state index contributed by atoms with van der Waals surface area (Å²) in [6.45, 7) is 0. The van der Waals surface area contributed by atoms with Crippen LogP contribution in [-0.2, 0) is 4.79 Å². The fraction of sp³-hybridized carbons (Fsp3) is 0. The SMILES string of the molecule is O=C(O)/C=C/c1cccc2nnsc12. The van der Waals surface area contributed by atoms with Crippen LogP contribution in [-0.4, -0.2) is 20.7 Å². The van der Waals surface area contributed by atoms with E-state index in [0.29, 0.717) is 0 Å². The summed E-state index contributed by atoms with van der Waals surface area (Å²) in [5.74, 6) is -0.959. The molecule has 1 N–H and O–H groups in total. The summed E-state index contributed by atoms with van der Waals surface area (Å²) >= 11 is 1.26. The number of benzene rings is 1. The molecule has 0 saturated carbocycles. The lowest BCUT2D eigenvalue weighted by molar-refractivity contribution is -0.131. The van der Waals surface area contributed by atoms with E-state index in [4.69, 9.17) is 5.11 Å². The predicted octanol–water partition coefficient (Wildman–Crippen LogP) is 1.79. The minimum atomic E-state index is -0.959. The molecule has 2 rings (SSSR count). The molecule has 0 aliphatic carbocycles. The average Bonchev–Trinajstić information content (AvgIpc) is 2.62. The van der Waals surface area contributed by atoms with Gasteiger partial charge in [0.05, 0.1) is 4.70 Å². The summed E-state index contributed by atoms with van der Waals surface area (Å²) in [6, 6.07) is 5.50. The Kier molecular flexibility index (Phi) is 2.24. The summed E-state index contributed by atoms with van der Waals surface area (Å²) in [7, 11) is 0. The molecule has 0 saturated heterocycles. The maximum absolute atomic E-state index is 10.3. The van der Waals surface area contributed by atoms with Crippen molar-refractivity contribution < 1.29 is 9.90 Å². The first kappa shape index (κ1) is 8.83. The van der Waals surface area contributed by atoms with Crippen molar-refractivity contribution in [2.24, 2.45) is 0 Å². The van der Waals surface area contributed by atoms with Gasteiger partial charge in [-0.1, -0.05) is 16.6 Å². The van der Waals surface area contributed by atoms with E-state index in [1.807, 2.05) is 18.2 Å². The van der Waals surface area contributed by atoms with Gasteiger partial charge in [0.2, 0.25) is 0 Å². The Labute approximate surface area is 83.7 Å². The van der Waals surface area contributed by atoms with E-state index < -0.39 is 5.97 Å². The lowest BCUT2D eigenvalue weighted by Gasteiger charge is -1.92. The van der Waals surface area contributed by atoms with Gasteiger partial charge in [0.1, 0.15) is 5.52 Å². The molecule has 70 valence electrons. The van der Waals surface area contributed by atoms with Crippen LogP contribution in [0.4, 0.5) is 0 Å². The maximum Gasteiger partial charge on any atom is 0.328 e. The first-order valence-corrected chi connectivity index (χ1v) is 4.67. The number of hydrogen-bond acceptors (Lipinski definition) is 4. The van der Waals surface area contributed by atoms with Crippen LogP contribution >= 0.6 is 11.5 Å². The Hall–Kier alpha value is -1.75. The van der Waals surface area contributed by atoms with Gasteiger partial charge in [-0.25, -0.2) is 4.79 Å². The van der Waals surface area contributed by atoms with Gasteiger partial charge in [0.15, 0.2) is 0 Å². The normalized spacial score (nSPS) is 11.1. The third-order valence-electron chi connectivity index (χ3n) is 1.71. The highest BCUT2D eigenvalue weighted by Gasteiger charge is 2.01. The molecule has 0 unspecified atom stereocenters. The first-order valence-electron chi connectivity index (χ1n) is 3.89. The Bertz CT molecular complexity index is 504. The number of hydrogen-bond donors (Lipinski definition) is 1. The van der Waals surface area contributed by atoms with Crippen molar-refractivity contribution in [2.45, 2.75) is 0 Å². The number of aliphatic carboxylic acids is 1. The molecule has 0 fully saturated rings. The van der Waals surface area contributed by atoms with Gasteiger partial charge in [-0.2, -0.15) is 0 Å². The van der Waals surface area contributed by atoms with Gasteiger partial charge in [-0.15, -0.1) is 5.10 Å². The molecule has 1 aromatic heterocycles. The van der Waals surface area contributed by atoms with Crippen molar-refractivity contribution in [1.82, 2.24) is 9.59 Å². The molecule has 0 radical (unpaired) electrons. The molecule has 1 heterocycles. The van der Waals surface area contributed by atoms with Gasteiger partial charge < -0.3 is 5.11 Å². The summed E-state index contributed by atoms with van der Waals surface area (Å²) in [6.07, 6.45) is 2.65. The largest absolute Gasteiger partial charge is 0.478 e. The number of carboxylic acids is 1. The van der Waals surface area contributed by atoms with E-state index >= 15 is 0 Å². The van der Waals surface area contributed by atoms with Crippen LogP contribution in [0, 0.1) is 0 Å². The highest BCUT2D eigenvalue weighted by atomic mass is 32.1. The molecule has 5 heteroatoms. The van der Waals surface area contributed by atoms with Crippen molar-refractivity contribution in [1.29, 1.82) is 0 Å². The molecule has 0 spiro atoms. The lowest BCUT2D eigenvalue weighted by Crippen LogP contribution is -1.85. The highest BCUT2D eigenvalue weighted by Crippen LogP contribution is 2.21. The lowest BCUT2D eigenvalue weighted by atomic mass is 10.2. The fourth-order valence-corrected chi connectivity index (χ4v) is 1.77. The zero-order chi connectivity index (χ0) is 9.97. The average molecular weight is 206 g/mol. The van der Waals surface area contributed by atoms with Crippen LogP contribution in [0.1, 0.15) is 5.56 Å². The van der Waals surface area contributed by atoms with Gasteiger partial charge in [0, 0.05) is 6.08 Å². The quantitative estimate of drug-likeness (QED) is 0.761. The Balaban J connectivity index is 2.51. The molecular formula is C9H6N2O2S. The van der Waals surface area contributed by atoms with E-state index in [1.165, 1.54) is 11.5 Å². The van der Waals surface area contributed by atoms with Gasteiger partial charge in [-0.05, 0) is 29.2 Å². The molecule has 2 aromatic rings. The van der Waals surface area contributed by atoms with Crippen molar-refractivity contribution >= 4 is 33.8 Å². The summed E-state index contributed by atoms with van der Waals surface area (Å²) < 4.78 is 4.71. The zero-order valence-electron chi connectivity index (χ0n) is 7.04. The number of nitrogens with zero attached hydrogens (tertiary/aromatic N) is 2. The van der Waals surface area contributed by atoms with Crippen molar-refractivity contribution in [3.63, 3.8) is 0 Å². The number of aromatic nitrogens is 2. The van der Waals surface area contributed by atoms with Gasteiger partial charge in [-0.3, -0.25) is 0 Å². The van der Waals surface area contributed by atoms with Crippen molar-refractivity contribution in [3.05, 3.63) is 29.8 Å². The van der Waals surface area contributed by atoms with Crippen LogP contribution < -0.4 is 0 Å². The van der Waals surface area contributed by atoms with E-state index in [1.54, 1.807) is 6.08 Å². The minimum absolute atomic E-state index is 0.794. The first-order chi connectivity index (χ1) is 6.77. The molecule has 4 nitrogen and oxygen atoms in total. The number of rotatable bonds is 2. The van der Waals surface area contributed by atoms with Gasteiger partial charge in [0.25, 0.3) is 0 Å². The third kappa shape index (κ3) is 1.62. The minimum Gasteiger partial charge on any atom is -0.478 e. The second-order valence-electron chi connectivity index (χ2n) is 2.64. The zero-order valence-corrected chi connectivity index (χ0v) is 7.86. The van der Waals surface area contributed by atoms with Crippen LogP contribution in [0.15, 0.2) is 24.3 Å². The Morgan fingerprint density at radius 2 is 2.36 bits per heavy atom. The van der Waals surface area contributed by atoms with Crippen LogP contribution in [0.2, 0.25) is 0 Å². The third-order valence-corrected chi connectivity index (χ3v) is 2.50. The molecule has 0 aliphatic rings. The standard InChI is InChI=1S/C9H6N2O2S/c12-8(13)5-4-6-2-1-3-7-9(6)14-11-10-7/h1-5H,(H,12,13)/b5-4+. The highest BCUT2D eigenvalue weighted by molar-refractivity contribution is 7.13. The Morgan fingerprint density at radius 1 is 1.50 bits per heavy atom. The second kappa shape index (κ2) is 3.55. The molecule has 0 aliphatic heterocycles. The van der Waals surface area contributed by atoms with E-state index in [0.717, 1.165) is 21.9 Å². The summed E-state index contributed by atoms with van der Waals surface area (Å²) in [5, 5.41) is 12.4. The number of fused-ring (bicyclic) bond motifs is 1. The van der Waals surface area contributed by atoms with E-state index in [2.05, 4.69) is 9.59 Å². The molecule has 0 bridgehead atoms. The molecule has 14 heavy (non-hydrogen) atoms. The predicted molar refractivity (Wildman–Crippen MR) is 54.1 cm³/mol. The monoisotopic (exact) mass is 206 g/mol. The van der Waals surface area contributed by atoms with E-state index in [9.17, 15) is 4.79 Å². The Morgan fingerprint density at radius 3 is 3.14 bits per heavy atom. The van der Waals surface area contributed by atoms with Crippen molar-refractivity contribution in [3.8, 4) is 0 Å². The smallest absolute Gasteiger partial charge is 0.328 e. The van der Waals surface area contributed by atoms with Crippen molar-refractivity contribution in [2.75, 3.05) is 0 Å². The summed E-state index contributed by atoms with van der Waals surface area (Å²) in [4.78, 5) is 10.3. The maximum atomic E-state index is 10.3. The number of carbonyl (C=O) groups is 1. The van der Waals surface area contributed by atoms with Crippen LogP contribution in [0.3, 0.4) is 0 Å². The molecule has 1 aromatic carbocycles. The van der Waals surface area contributed by atoms with Crippen LogP contribution in [0.25, 0.3) is 16.3 Å². The second-order valence-corrected chi connectivity index (χ2v) is 3.39. The van der Waals surface area contributed by atoms with Crippen LogP contribution in [0.5, 0.6) is 0 Å². The molecule has 0 amide bonds. The number of carboxylic acid groups (broad SMARTS) is 1. The van der Waals surface area contributed by atoms with Gasteiger partial charge >= 0.3 is 5.97 Å². The molecule has 0 atom stereocenters. The fourth-order valence-electron chi connectivity index (χ4n) is 1.12. The summed E-state index contributed by atoms with van der Waals surface area (Å²) in [5.41, 5.74) is 1.63. The van der Waals surface area contributed by atoms with E-state index in [-0.39, 0.29) is 0 Å². The molecular weight excluding hydrogens is 200 g/mol.